The van der Waals surface area contributed by atoms with E-state index < -0.39 is 12.0 Å². The molecule has 0 aliphatic carbocycles. The van der Waals surface area contributed by atoms with Crippen molar-refractivity contribution >= 4 is 40.7 Å². The van der Waals surface area contributed by atoms with Crippen LogP contribution in [0, 0.1) is 5.82 Å². The highest BCUT2D eigenvalue weighted by atomic mass is 35.5. The maximum atomic E-state index is 14.2. The van der Waals surface area contributed by atoms with Gasteiger partial charge in [0.05, 0.1) is 28.5 Å². The number of hydrogen-bond donors (Lipinski definition) is 0. The molecule has 1 aliphatic rings. The van der Waals surface area contributed by atoms with Crippen molar-refractivity contribution in [2.45, 2.75) is 19.6 Å². The van der Waals surface area contributed by atoms with E-state index in [-0.39, 0.29) is 30.2 Å². The van der Waals surface area contributed by atoms with Gasteiger partial charge in [-0.15, -0.1) is 0 Å². The second kappa shape index (κ2) is 12.8. The molecule has 6 rings (SSSR count). The fourth-order valence-electron chi connectivity index (χ4n) is 5.04. The van der Waals surface area contributed by atoms with E-state index in [0.717, 1.165) is 16.7 Å². The average molecular weight is 625 g/mol. The molecule has 2 heterocycles. The van der Waals surface area contributed by atoms with Crippen LogP contribution in [-0.4, -0.2) is 17.1 Å². The first-order valence-electron chi connectivity index (χ1n) is 13.9. The van der Waals surface area contributed by atoms with Crippen molar-refractivity contribution in [2.75, 3.05) is 6.61 Å². The Hall–Kier alpha value is -4.79. The lowest BCUT2D eigenvalue weighted by atomic mass is 9.93. The Kier molecular flexibility index (Phi) is 8.54. The number of ether oxygens (including phenoxy) is 2. The van der Waals surface area contributed by atoms with E-state index in [9.17, 15) is 14.0 Å². The summed E-state index contributed by atoms with van der Waals surface area (Å²) in [4.78, 5) is 33.1. The van der Waals surface area contributed by atoms with Gasteiger partial charge in [0, 0.05) is 16.1 Å². The van der Waals surface area contributed by atoms with Crippen molar-refractivity contribution < 1.29 is 18.7 Å². The number of halogens is 2. The van der Waals surface area contributed by atoms with Crippen molar-refractivity contribution in [3.8, 4) is 5.75 Å². The number of nitrogens with zero attached hydrogens (tertiary/aromatic N) is 2. The van der Waals surface area contributed by atoms with Crippen LogP contribution in [0.15, 0.2) is 118 Å². The molecule has 1 aliphatic heterocycles. The minimum absolute atomic E-state index is 0.172. The third-order valence-corrected chi connectivity index (χ3v) is 8.27. The molecule has 220 valence electrons. The minimum atomic E-state index is -0.766. The molecule has 0 spiro atoms. The zero-order valence-corrected chi connectivity index (χ0v) is 25.1. The maximum Gasteiger partial charge on any atom is 0.338 e. The van der Waals surface area contributed by atoms with Gasteiger partial charge in [0.2, 0.25) is 0 Å². The molecule has 1 aromatic heterocycles. The van der Waals surface area contributed by atoms with E-state index in [1.54, 1.807) is 47.9 Å². The summed E-state index contributed by atoms with van der Waals surface area (Å²) in [5.41, 5.74) is 3.29. The molecule has 9 heteroatoms. The normalized spacial score (nSPS) is 14.6. The van der Waals surface area contributed by atoms with Crippen molar-refractivity contribution in [3.63, 3.8) is 0 Å². The lowest BCUT2D eigenvalue weighted by Crippen LogP contribution is -2.40. The molecule has 0 N–H and O–H groups in total. The Morgan fingerprint density at radius 2 is 1.70 bits per heavy atom. The molecule has 1 atom stereocenters. The molecular formula is C35H26ClFN2O4S. The highest BCUT2D eigenvalue weighted by Crippen LogP contribution is 2.35. The van der Waals surface area contributed by atoms with Crippen LogP contribution in [0.25, 0.3) is 11.8 Å². The number of thiazole rings is 1. The fourth-order valence-corrected chi connectivity index (χ4v) is 6.21. The fraction of sp³-hybridized carbons (Fsp3) is 0.114. The second-order valence-electron chi connectivity index (χ2n) is 9.94. The van der Waals surface area contributed by atoms with Gasteiger partial charge < -0.3 is 9.47 Å². The number of benzene rings is 4. The lowest BCUT2D eigenvalue weighted by molar-refractivity contribution is -0.138. The molecule has 0 fully saturated rings. The quantitative estimate of drug-likeness (QED) is 0.190. The molecule has 5 aromatic rings. The standard InChI is InChI=1S/C35H26ClFN2O4S/c1-2-42-34(41)30-31(23-9-5-3-6-10-23)38-35-39(32(30)24-11-7-4-8-12-24)33(40)29(44-35)20-25-19-26(36)15-18-28(25)43-21-22-13-16-27(37)17-14-22/h3-20,32H,2,21H2,1H3/b29-20-/t32-/m1/s1. The molecule has 0 bridgehead atoms. The molecule has 44 heavy (non-hydrogen) atoms. The van der Waals surface area contributed by atoms with Crippen LogP contribution in [0.4, 0.5) is 4.39 Å². The van der Waals surface area contributed by atoms with Gasteiger partial charge in [-0.05, 0) is 54.5 Å². The Morgan fingerprint density at radius 1 is 1.00 bits per heavy atom. The first-order valence-corrected chi connectivity index (χ1v) is 15.1. The van der Waals surface area contributed by atoms with Crippen molar-refractivity contribution in [1.82, 2.24) is 4.57 Å². The third kappa shape index (κ3) is 6.00. The summed E-state index contributed by atoms with van der Waals surface area (Å²) in [5, 5.41) is 0.469. The molecule has 0 radical (unpaired) electrons. The first kappa shape index (κ1) is 29.3. The van der Waals surface area contributed by atoms with Crippen molar-refractivity contribution in [1.29, 1.82) is 0 Å². The molecule has 0 saturated carbocycles. The van der Waals surface area contributed by atoms with E-state index in [4.69, 9.17) is 26.1 Å². The largest absolute Gasteiger partial charge is 0.488 e. The van der Waals surface area contributed by atoms with Gasteiger partial charge >= 0.3 is 5.97 Å². The predicted octanol–water partition coefficient (Wildman–Crippen LogP) is 6.31. The van der Waals surface area contributed by atoms with E-state index in [1.165, 1.54) is 23.5 Å². The Morgan fingerprint density at radius 3 is 2.41 bits per heavy atom. The highest BCUT2D eigenvalue weighted by Gasteiger charge is 2.35. The average Bonchev–Trinajstić information content (AvgIpc) is 3.35. The van der Waals surface area contributed by atoms with Gasteiger partial charge in [0.1, 0.15) is 18.2 Å². The monoisotopic (exact) mass is 624 g/mol. The predicted molar refractivity (Wildman–Crippen MR) is 170 cm³/mol. The number of aromatic nitrogens is 1. The zero-order chi connectivity index (χ0) is 30.6. The summed E-state index contributed by atoms with van der Waals surface area (Å²) >= 11 is 7.57. The van der Waals surface area contributed by atoms with Crippen LogP contribution in [0.1, 0.15) is 35.2 Å². The zero-order valence-electron chi connectivity index (χ0n) is 23.6. The summed E-state index contributed by atoms with van der Waals surface area (Å²) in [5.74, 6) is -0.363. The van der Waals surface area contributed by atoms with Crippen molar-refractivity contribution in [3.05, 3.63) is 161 Å². The van der Waals surface area contributed by atoms with Crippen molar-refractivity contribution in [2.24, 2.45) is 4.99 Å². The molecule has 6 nitrogen and oxygen atoms in total. The Balaban J connectivity index is 1.52. The summed E-state index contributed by atoms with van der Waals surface area (Å²) in [6, 6.07) is 29.2. The summed E-state index contributed by atoms with van der Waals surface area (Å²) < 4.78 is 26.9. The topological polar surface area (TPSA) is 69.9 Å². The van der Waals surface area contributed by atoms with Gasteiger partial charge in [-0.1, -0.05) is 95.7 Å². The molecule has 4 aromatic carbocycles. The minimum Gasteiger partial charge on any atom is -0.488 e. The van der Waals surface area contributed by atoms with Gasteiger partial charge in [0.25, 0.3) is 5.56 Å². The Labute approximate surface area is 261 Å². The van der Waals surface area contributed by atoms with Gasteiger partial charge in [0.15, 0.2) is 4.80 Å². The highest BCUT2D eigenvalue weighted by molar-refractivity contribution is 7.07. The van der Waals surface area contributed by atoms with Crippen LogP contribution >= 0.6 is 22.9 Å². The van der Waals surface area contributed by atoms with Crippen LogP contribution in [-0.2, 0) is 16.1 Å². The van der Waals surface area contributed by atoms with Gasteiger partial charge in [-0.2, -0.15) is 0 Å². The molecular weight excluding hydrogens is 599 g/mol. The van der Waals surface area contributed by atoms with Crippen LogP contribution in [0.2, 0.25) is 5.02 Å². The SMILES string of the molecule is CCOC(=O)C1=C(c2ccccc2)N=c2s/c(=C\c3cc(Cl)ccc3OCc3ccc(F)cc3)c(=O)n2[C@@H]1c1ccccc1. The van der Waals surface area contributed by atoms with Gasteiger partial charge in [-0.3, -0.25) is 9.36 Å². The number of hydrogen-bond acceptors (Lipinski definition) is 6. The summed E-state index contributed by atoms with van der Waals surface area (Å²) in [7, 11) is 0. The molecule has 0 amide bonds. The van der Waals surface area contributed by atoms with Crippen LogP contribution in [0.5, 0.6) is 5.75 Å². The summed E-state index contributed by atoms with van der Waals surface area (Å²) in [6.07, 6.45) is 1.72. The van der Waals surface area contributed by atoms with Crippen LogP contribution in [0.3, 0.4) is 0 Å². The third-order valence-electron chi connectivity index (χ3n) is 7.06. The second-order valence-corrected chi connectivity index (χ2v) is 11.4. The van der Waals surface area contributed by atoms with Crippen LogP contribution < -0.4 is 19.6 Å². The van der Waals surface area contributed by atoms with Gasteiger partial charge in [-0.25, -0.2) is 14.2 Å². The maximum absolute atomic E-state index is 14.2. The molecule has 0 saturated heterocycles. The van der Waals surface area contributed by atoms with E-state index in [2.05, 4.69) is 0 Å². The summed E-state index contributed by atoms with van der Waals surface area (Å²) in [6.45, 7) is 2.11. The number of esters is 1. The van der Waals surface area contributed by atoms with E-state index in [0.29, 0.717) is 31.4 Å². The first-order chi connectivity index (χ1) is 21.4. The number of fused-ring (bicyclic) bond motifs is 1. The number of carbonyl (C=O) groups excluding carboxylic acids is 1. The van der Waals surface area contributed by atoms with E-state index >= 15 is 0 Å². The number of rotatable bonds is 8. The number of carbonyl (C=O) groups is 1. The lowest BCUT2D eigenvalue weighted by Gasteiger charge is -2.25. The Bertz CT molecular complexity index is 2040. The smallest absolute Gasteiger partial charge is 0.338 e. The van der Waals surface area contributed by atoms with E-state index in [1.807, 2.05) is 60.7 Å². The molecule has 0 unspecified atom stereocenters.